The van der Waals surface area contributed by atoms with Gasteiger partial charge in [-0.2, -0.15) is 0 Å². The van der Waals surface area contributed by atoms with Crippen LogP contribution in [0.1, 0.15) is 20.3 Å². The Morgan fingerprint density at radius 1 is 1.25 bits per heavy atom. The van der Waals surface area contributed by atoms with Crippen LogP contribution in [0.3, 0.4) is 0 Å². The van der Waals surface area contributed by atoms with Crippen LogP contribution in [0.4, 0.5) is 0 Å². The van der Waals surface area contributed by atoms with Crippen molar-refractivity contribution >= 4 is 34.8 Å². The Hall–Kier alpha value is 0.866. The van der Waals surface area contributed by atoms with Crippen LogP contribution in [0.5, 0.6) is 0 Å². The summed E-state index contributed by atoms with van der Waals surface area (Å²) in [5.41, 5.74) is 0. The molecule has 0 rings (SSSR count). The molecule has 68 valence electrons. The smallest absolute Gasteiger partial charge is 1.00 e. The number of hydrogen-bond acceptors (Lipinski definition) is 3. The Kier molecular flexibility index (Phi) is 27.6. The number of halogens is 2. The van der Waals surface area contributed by atoms with E-state index in [-0.39, 0.29) is 69.2 Å². The number of carbonyl (C=O) groups excluding carboxylic acids is 2. The third-order valence-corrected chi connectivity index (χ3v) is 0.699. The Labute approximate surface area is 109 Å². The second kappa shape index (κ2) is 14.4. The number of esters is 1. The number of ether oxygens (including phenoxy) is 1. The van der Waals surface area contributed by atoms with Gasteiger partial charge in [-0.3, -0.25) is 9.59 Å². The summed E-state index contributed by atoms with van der Waals surface area (Å²) in [4.78, 5) is 20.6. The van der Waals surface area contributed by atoms with Crippen molar-refractivity contribution in [3.63, 3.8) is 0 Å². The van der Waals surface area contributed by atoms with Crippen LogP contribution < -0.4 is 34.0 Å². The normalized spacial score (nSPS) is 6.50. The van der Waals surface area contributed by atoms with Crippen molar-refractivity contribution in [3.05, 3.63) is 0 Å². The molecule has 0 saturated carbocycles. The van der Waals surface area contributed by atoms with Crippen molar-refractivity contribution in [2.24, 2.45) is 0 Å². The fourth-order valence-electron chi connectivity index (χ4n) is 0.415. The molecule has 0 spiro atoms. The van der Waals surface area contributed by atoms with Crippen molar-refractivity contribution in [2.45, 2.75) is 20.3 Å². The molecule has 0 amide bonds. The van der Waals surface area contributed by atoms with Gasteiger partial charge < -0.3 is 38.7 Å². The summed E-state index contributed by atoms with van der Waals surface area (Å²) in [5.74, 6) is -0.599. The third kappa shape index (κ3) is 17.1. The minimum absolute atomic E-state index is 0. The van der Waals surface area contributed by atoms with Crippen molar-refractivity contribution in [1.29, 1.82) is 0 Å². The zero-order valence-corrected chi connectivity index (χ0v) is 11.7. The summed E-state index contributed by atoms with van der Waals surface area (Å²) in [7, 11) is 0. The average Bonchev–Trinajstić information content (AvgIpc) is 1.63. The summed E-state index contributed by atoms with van der Waals surface area (Å²) in [6.45, 7) is 3.40. The van der Waals surface area contributed by atoms with Crippen LogP contribution in [-0.2, 0) is 14.3 Å². The maximum atomic E-state index is 10.4. The standard InChI is InChI=1S/C6H10O3.2BrH.Mg/c1-3-9-6(8)4-5(2)7;;;/h3-4H2,1-2H3;2*1H;/q;;;+2/p-2. The maximum Gasteiger partial charge on any atom is 2.00 e. The molecular weight excluding hydrogens is 304 g/mol. The van der Waals surface area contributed by atoms with Gasteiger partial charge in [0.25, 0.3) is 0 Å². The van der Waals surface area contributed by atoms with Crippen molar-refractivity contribution in [3.8, 4) is 0 Å². The molecule has 0 aliphatic rings. The zero-order chi connectivity index (χ0) is 7.28. The van der Waals surface area contributed by atoms with Crippen LogP contribution in [-0.4, -0.2) is 41.4 Å². The van der Waals surface area contributed by atoms with Gasteiger partial charge in [-0.25, -0.2) is 0 Å². The molecule has 0 aromatic carbocycles. The van der Waals surface area contributed by atoms with E-state index in [4.69, 9.17) is 0 Å². The summed E-state index contributed by atoms with van der Waals surface area (Å²) in [5, 5.41) is 0. The van der Waals surface area contributed by atoms with E-state index >= 15 is 0 Å². The minimum atomic E-state index is -0.440. The molecule has 0 aromatic rings. The van der Waals surface area contributed by atoms with Gasteiger partial charge in [0.15, 0.2) is 0 Å². The van der Waals surface area contributed by atoms with Crippen molar-refractivity contribution in [1.82, 2.24) is 0 Å². The quantitative estimate of drug-likeness (QED) is 0.296. The molecule has 0 heterocycles. The van der Waals surface area contributed by atoms with Gasteiger partial charge in [-0.1, -0.05) is 0 Å². The van der Waals surface area contributed by atoms with Gasteiger partial charge in [0, 0.05) is 0 Å². The summed E-state index contributed by atoms with van der Waals surface area (Å²) in [6, 6.07) is 0. The Morgan fingerprint density at radius 2 is 1.67 bits per heavy atom. The monoisotopic (exact) mass is 312 g/mol. The molecule has 0 bridgehead atoms. The van der Waals surface area contributed by atoms with Gasteiger partial charge >= 0.3 is 29.0 Å². The first kappa shape index (κ1) is 23.0. The van der Waals surface area contributed by atoms with Crippen LogP contribution in [0.15, 0.2) is 0 Å². The molecular formula is C6H10Br2MgO3. The molecule has 0 aromatic heterocycles. The van der Waals surface area contributed by atoms with Gasteiger partial charge in [0.1, 0.15) is 12.2 Å². The van der Waals surface area contributed by atoms with E-state index in [0.29, 0.717) is 6.61 Å². The molecule has 0 unspecified atom stereocenters. The predicted octanol–water partition coefficient (Wildman–Crippen LogP) is -5.84. The van der Waals surface area contributed by atoms with Crippen molar-refractivity contribution < 1.29 is 48.3 Å². The van der Waals surface area contributed by atoms with Crippen molar-refractivity contribution in [2.75, 3.05) is 6.61 Å². The first-order valence-electron chi connectivity index (χ1n) is 2.82. The van der Waals surface area contributed by atoms with Crippen LogP contribution >= 0.6 is 0 Å². The first-order chi connectivity index (χ1) is 4.16. The van der Waals surface area contributed by atoms with Crippen LogP contribution in [0.2, 0.25) is 0 Å². The topological polar surface area (TPSA) is 43.4 Å². The SMILES string of the molecule is CCOC(=O)CC(C)=O.[Br-].[Br-].[Mg+2]. The number of carbonyl (C=O) groups is 2. The largest absolute Gasteiger partial charge is 2.00 e. The van der Waals surface area contributed by atoms with E-state index in [1.165, 1.54) is 6.92 Å². The maximum absolute atomic E-state index is 10.4. The van der Waals surface area contributed by atoms with Gasteiger partial charge in [-0.15, -0.1) is 0 Å². The molecule has 0 atom stereocenters. The second-order valence-electron chi connectivity index (χ2n) is 1.68. The fraction of sp³-hybridized carbons (Fsp3) is 0.667. The molecule has 0 N–H and O–H groups in total. The molecule has 0 saturated heterocycles. The van der Waals surface area contributed by atoms with Crippen LogP contribution in [0, 0.1) is 0 Å². The van der Waals surface area contributed by atoms with Gasteiger partial charge in [-0.05, 0) is 13.8 Å². The summed E-state index contributed by atoms with van der Waals surface area (Å²) >= 11 is 0. The van der Waals surface area contributed by atoms with Gasteiger partial charge in [0.05, 0.1) is 6.61 Å². The molecule has 3 nitrogen and oxygen atoms in total. The number of rotatable bonds is 3. The zero-order valence-electron chi connectivity index (χ0n) is 7.10. The van der Waals surface area contributed by atoms with E-state index in [0.717, 1.165) is 0 Å². The molecule has 0 aliphatic carbocycles. The summed E-state index contributed by atoms with van der Waals surface area (Å²) in [6.07, 6.45) is -0.103. The molecule has 12 heavy (non-hydrogen) atoms. The fourth-order valence-corrected chi connectivity index (χ4v) is 0.415. The molecule has 6 heteroatoms. The van der Waals surface area contributed by atoms with Crippen LogP contribution in [0.25, 0.3) is 0 Å². The Balaban J connectivity index is -0.000000107. The Morgan fingerprint density at radius 3 is 1.92 bits per heavy atom. The number of hydrogen-bond donors (Lipinski definition) is 0. The van der Waals surface area contributed by atoms with E-state index < -0.39 is 5.97 Å². The van der Waals surface area contributed by atoms with Gasteiger partial charge in [0.2, 0.25) is 0 Å². The van der Waals surface area contributed by atoms with E-state index in [1.807, 2.05) is 0 Å². The van der Waals surface area contributed by atoms with E-state index in [2.05, 4.69) is 4.74 Å². The molecule has 0 aliphatic heterocycles. The van der Waals surface area contributed by atoms with E-state index in [1.54, 1.807) is 6.92 Å². The van der Waals surface area contributed by atoms with E-state index in [9.17, 15) is 9.59 Å². The predicted molar refractivity (Wildman–Crippen MR) is 37.7 cm³/mol. The minimum Gasteiger partial charge on any atom is -1.00 e. The first-order valence-corrected chi connectivity index (χ1v) is 2.82. The molecule has 0 radical (unpaired) electrons. The molecule has 0 fully saturated rings. The summed E-state index contributed by atoms with van der Waals surface area (Å²) < 4.78 is 4.49. The number of Topliss-reactive ketones (excluding diaryl/α,β-unsaturated/α-hetero) is 1. The Bertz CT molecular complexity index is 130. The second-order valence-corrected chi connectivity index (χ2v) is 1.68. The average molecular weight is 314 g/mol. The third-order valence-electron chi connectivity index (χ3n) is 0.699. The number of ketones is 1.